The second kappa shape index (κ2) is 5.23. The minimum atomic E-state index is -2.65. The smallest absolute Gasteiger partial charge is 0.255 e. The third kappa shape index (κ3) is 2.91. The van der Waals surface area contributed by atoms with Crippen molar-refractivity contribution in [1.82, 2.24) is 19.4 Å². The van der Waals surface area contributed by atoms with Crippen LogP contribution in [0.1, 0.15) is 23.2 Å². The van der Waals surface area contributed by atoms with Crippen molar-refractivity contribution in [2.24, 2.45) is 0 Å². The molecule has 0 bridgehead atoms. The van der Waals surface area contributed by atoms with Gasteiger partial charge in [-0.2, -0.15) is 0 Å². The van der Waals surface area contributed by atoms with Crippen LogP contribution in [0.4, 0.5) is 8.78 Å². The Morgan fingerprint density at radius 3 is 2.57 bits per heavy atom. The number of amides is 1. The van der Waals surface area contributed by atoms with Crippen molar-refractivity contribution >= 4 is 5.91 Å². The molecule has 5 nitrogen and oxygen atoms in total. The Morgan fingerprint density at radius 2 is 2.00 bits per heavy atom. The van der Waals surface area contributed by atoms with E-state index in [-0.39, 0.29) is 31.8 Å². The summed E-state index contributed by atoms with van der Waals surface area (Å²) in [7, 11) is 0. The largest absolute Gasteiger partial charge is 0.338 e. The van der Waals surface area contributed by atoms with Crippen molar-refractivity contribution in [3.8, 4) is 5.82 Å². The van der Waals surface area contributed by atoms with Gasteiger partial charge in [-0.3, -0.25) is 9.36 Å². The highest BCUT2D eigenvalue weighted by Crippen LogP contribution is 2.28. The molecule has 21 heavy (non-hydrogen) atoms. The molecule has 1 amide bonds. The number of likely N-dealkylation sites (tertiary alicyclic amines) is 1. The van der Waals surface area contributed by atoms with Crippen molar-refractivity contribution in [2.45, 2.75) is 18.8 Å². The van der Waals surface area contributed by atoms with E-state index < -0.39 is 5.92 Å². The van der Waals surface area contributed by atoms with Crippen molar-refractivity contribution < 1.29 is 13.6 Å². The maximum Gasteiger partial charge on any atom is 0.255 e. The molecular weight excluding hydrogens is 278 g/mol. The number of halogens is 2. The Hall–Kier alpha value is -2.31. The number of hydrogen-bond donors (Lipinski definition) is 0. The first-order valence-corrected chi connectivity index (χ1v) is 6.67. The van der Waals surface area contributed by atoms with Crippen LogP contribution in [0.25, 0.3) is 5.82 Å². The van der Waals surface area contributed by atoms with Gasteiger partial charge in [-0.25, -0.2) is 18.7 Å². The summed E-state index contributed by atoms with van der Waals surface area (Å²) in [6.07, 6.45) is 5.89. The van der Waals surface area contributed by atoms with Crippen LogP contribution in [0.2, 0.25) is 0 Å². The lowest BCUT2D eigenvalue weighted by atomic mass is 10.1. The molecule has 1 saturated heterocycles. The van der Waals surface area contributed by atoms with Gasteiger partial charge >= 0.3 is 0 Å². The van der Waals surface area contributed by atoms with Crippen LogP contribution in [-0.2, 0) is 0 Å². The van der Waals surface area contributed by atoms with Gasteiger partial charge in [-0.05, 0) is 12.1 Å². The first kappa shape index (κ1) is 13.7. The number of pyridine rings is 1. The number of aromatic nitrogens is 3. The molecule has 0 spiro atoms. The topological polar surface area (TPSA) is 51.0 Å². The van der Waals surface area contributed by atoms with Crippen LogP contribution in [0.5, 0.6) is 0 Å². The molecule has 0 radical (unpaired) electrons. The number of carbonyl (C=O) groups excluding carboxylic acids is 1. The van der Waals surface area contributed by atoms with Crippen molar-refractivity contribution in [2.75, 3.05) is 13.1 Å². The minimum Gasteiger partial charge on any atom is -0.338 e. The summed E-state index contributed by atoms with van der Waals surface area (Å²) in [4.78, 5) is 21.8. The molecule has 0 atom stereocenters. The summed E-state index contributed by atoms with van der Waals surface area (Å²) in [5.74, 6) is -2.26. The molecular formula is C14H14F2N4O. The van der Waals surface area contributed by atoms with Gasteiger partial charge in [-0.1, -0.05) is 0 Å². The first-order valence-electron chi connectivity index (χ1n) is 6.67. The molecule has 2 aromatic rings. The van der Waals surface area contributed by atoms with Crippen molar-refractivity contribution in [1.29, 1.82) is 0 Å². The van der Waals surface area contributed by atoms with Gasteiger partial charge in [0.1, 0.15) is 12.1 Å². The maximum atomic E-state index is 13.1. The predicted molar refractivity (Wildman–Crippen MR) is 71.4 cm³/mol. The zero-order chi connectivity index (χ0) is 14.9. The number of rotatable bonds is 2. The van der Waals surface area contributed by atoms with Crippen LogP contribution in [0.15, 0.2) is 37.1 Å². The highest BCUT2D eigenvalue weighted by Gasteiger charge is 2.35. The van der Waals surface area contributed by atoms with Gasteiger partial charge < -0.3 is 4.90 Å². The lowest BCUT2D eigenvalue weighted by molar-refractivity contribution is -0.0494. The number of hydrogen-bond acceptors (Lipinski definition) is 3. The molecule has 0 N–H and O–H groups in total. The molecule has 1 fully saturated rings. The lowest BCUT2D eigenvalue weighted by Gasteiger charge is -2.31. The van der Waals surface area contributed by atoms with E-state index in [2.05, 4.69) is 9.97 Å². The lowest BCUT2D eigenvalue weighted by Crippen LogP contribution is -2.42. The van der Waals surface area contributed by atoms with E-state index in [0.717, 1.165) is 0 Å². The minimum absolute atomic E-state index is 0.0785. The Labute approximate surface area is 120 Å². The molecule has 1 aliphatic rings. The number of imidazole rings is 1. The Morgan fingerprint density at radius 1 is 1.24 bits per heavy atom. The zero-order valence-electron chi connectivity index (χ0n) is 11.2. The van der Waals surface area contributed by atoms with Crippen LogP contribution < -0.4 is 0 Å². The van der Waals surface area contributed by atoms with E-state index in [1.807, 2.05) is 0 Å². The van der Waals surface area contributed by atoms with Gasteiger partial charge in [0.15, 0.2) is 0 Å². The van der Waals surface area contributed by atoms with E-state index in [1.165, 1.54) is 11.1 Å². The predicted octanol–water partition coefficient (Wildman–Crippen LogP) is 2.14. The summed E-state index contributed by atoms with van der Waals surface area (Å²) < 4.78 is 27.9. The molecule has 3 rings (SSSR count). The van der Waals surface area contributed by atoms with Crippen LogP contribution >= 0.6 is 0 Å². The number of nitrogens with zero attached hydrogens (tertiary/aromatic N) is 4. The van der Waals surface area contributed by atoms with Crippen LogP contribution in [0, 0.1) is 0 Å². The fourth-order valence-corrected chi connectivity index (χ4v) is 2.28. The summed E-state index contributed by atoms with van der Waals surface area (Å²) in [6, 6.07) is 3.35. The zero-order valence-corrected chi connectivity index (χ0v) is 11.2. The number of carbonyl (C=O) groups is 1. The normalized spacial score (nSPS) is 17.7. The van der Waals surface area contributed by atoms with Gasteiger partial charge in [-0.15, -0.1) is 0 Å². The average Bonchev–Trinajstić information content (AvgIpc) is 3.01. The second-order valence-corrected chi connectivity index (χ2v) is 5.02. The molecule has 1 aliphatic heterocycles. The summed E-state index contributed by atoms with van der Waals surface area (Å²) in [6.45, 7) is 0.157. The average molecular weight is 292 g/mol. The Balaban J connectivity index is 1.71. The summed E-state index contributed by atoms with van der Waals surface area (Å²) in [5.41, 5.74) is 0.407. The molecule has 0 saturated carbocycles. The molecule has 0 aliphatic carbocycles. The number of piperidine rings is 1. The van der Waals surface area contributed by atoms with E-state index in [9.17, 15) is 13.6 Å². The highest BCUT2D eigenvalue weighted by atomic mass is 19.3. The van der Waals surface area contributed by atoms with E-state index in [1.54, 1.807) is 35.4 Å². The second-order valence-electron chi connectivity index (χ2n) is 5.02. The monoisotopic (exact) mass is 292 g/mol. The first-order chi connectivity index (χ1) is 10.1. The molecule has 3 heterocycles. The van der Waals surface area contributed by atoms with Gasteiger partial charge in [0.25, 0.3) is 11.8 Å². The van der Waals surface area contributed by atoms with Crippen molar-refractivity contribution in [3.05, 3.63) is 42.6 Å². The van der Waals surface area contributed by atoms with Gasteiger partial charge in [0.2, 0.25) is 0 Å². The molecule has 110 valence electrons. The van der Waals surface area contributed by atoms with Gasteiger partial charge in [0, 0.05) is 44.5 Å². The Kier molecular flexibility index (Phi) is 3.40. The van der Waals surface area contributed by atoms with Gasteiger partial charge in [0.05, 0.1) is 5.56 Å². The van der Waals surface area contributed by atoms with Crippen LogP contribution in [0.3, 0.4) is 0 Å². The summed E-state index contributed by atoms with van der Waals surface area (Å²) in [5, 5.41) is 0. The van der Waals surface area contributed by atoms with E-state index >= 15 is 0 Å². The number of alkyl halides is 2. The molecule has 0 aromatic carbocycles. The van der Waals surface area contributed by atoms with Crippen molar-refractivity contribution in [3.63, 3.8) is 0 Å². The molecule has 0 unspecified atom stereocenters. The standard InChI is InChI=1S/C14H14F2N4O/c15-14(16)3-6-19(7-4-14)13(21)11-1-2-12(18-9-11)20-8-5-17-10-20/h1-2,5,8-10H,3-4,6-7H2. The highest BCUT2D eigenvalue weighted by molar-refractivity contribution is 5.94. The fraction of sp³-hybridized carbons (Fsp3) is 0.357. The quantitative estimate of drug-likeness (QED) is 0.852. The van der Waals surface area contributed by atoms with E-state index in [0.29, 0.717) is 11.4 Å². The SMILES string of the molecule is O=C(c1ccc(-n2ccnc2)nc1)N1CCC(F)(F)CC1. The molecule has 2 aromatic heterocycles. The molecule has 7 heteroatoms. The Bertz CT molecular complexity index is 615. The summed E-state index contributed by atoms with van der Waals surface area (Å²) >= 11 is 0. The van der Waals surface area contributed by atoms with E-state index in [4.69, 9.17) is 0 Å². The third-order valence-electron chi connectivity index (χ3n) is 3.55. The van der Waals surface area contributed by atoms with Crippen LogP contribution in [-0.4, -0.2) is 44.4 Å². The fourth-order valence-electron chi connectivity index (χ4n) is 2.28. The third-order valence-corrected chi connectivity index (χ3v) is 3.55. The maximum absolute atomic E-state index is 13.1.